The minimum absolute atomic E-state index is 0.0427. The molecule has 5 aliphatic carbocycles. The molecule has 0 bridgehead atoms. The van der Waals surface area contributed by atoms with Crippen LogP contribution in [0.25, 0.3) is 0 Å². The zero-order chi connectivity index (χ0) is 22.5. The van der Waals surface area contributed by atoms with Crippen LogP contribution in [-0.2, 0) is 4.79 Å². The van der Waals surface area contributed by atoms with Crippen LogP contribution in [0.4, 0.5) is 0 Å². The Kier molecular flexibility index (Phi) is 6.59. The molecule has 0 unspecified atom stereocenters. The van der Waals surface area contributed by atoms with Gasteiger partial charge in [-0.15, -0.1) is 0 Å². The van der Waals surface area contributed by atoms with Crippen LogP contribution in [0.5, 0.6) is 0 Å². The van der Waals surface area contributed by atoms with Crippen molar-refractivity contribution in [2.75, 3.05) is 6.61 Å². The molecule has 0 aliphatic heterocycles. The van der Waals surface area contributed by atoms with Gasteiger partial charge in [-0.3, -0.25) is 0 Å². The van der Waals surface area contributed by atoms with Gasteiger partial charge in [0, 0.05) is 12.0 Å². The average Bonchev–Trinajstić information content (AvgIpc) is 3.14. The molecule has 5 fully saturated rings. The predicted molar refractivity (Wildman–Crippen MR) is 127 cm³/mol. The molecular formula is C28H45NO3. The van der Waals surface area contributed by atoms with Crippen LogP contribution >= 0.6 is 0 Å². The maximum atomic E-state index is 12.2. The van der Waals surface area contributed by atoms with Gasteiger partial charge in [-0.05, 0) is 98.7 Å². The van der Waals surface area contributed by atoms with Gasteiger partial charge in [-0.1, -0.05) is 44.3 Å². The lowest BCUT2D eigenvalue weighted by Gasteiger charge is -2.41. The van der Waals surface area contributed by atoms with Crippen molar-refractivity contribution in [1.82, 2.24) is 0 Å². The molecule has 0 amide bonds. The quantitative estimate of drug-likeness (QED) is 0.400. The number of aliphatic hydroxyl groups excluding tert-OH is 2. The monoisotopic (exact) mass is 443 g/mol. The Hall–Kier alpha value is -0.710. The van der Waals surface area contributed by atoms with Crippen LogP contribution in [0, 0.1) is 52.8 Å². The molecule has 0 spiro atoms. The molecule has 0 saturated heterocycles. The summed E-state index contributed by atoms with van der Waals surface area (Å²) in [4.78, 5) is 12.2. The van der Waals surface area contributed by atoms with E-state index in [4.69, 9.17) is 5.73 Å². The second-order valence-electron chi connectivity index (χ2n) is 12.2. The average molecular weight is 444 g/mol. The number of aldehydes is 1. The summed E-state index contributed by atoms with van der Waals surface area (Å²) >= 11 is 0. The van der Waals surface area contributed by atoms with E-state index >= 15 is 0 Å². The van der Waals surface area contributed by atoms with Gasteiger partial charge in [-0.2, -0.15) is 0 Å². The highest BCUT2D eigenvalue weighted by Gasteiger charge is 2.73. The van der Waals surface area contributed by atoms with Gasteiger partial charge in [0.2, 0.25) is 0 Å². The number of aliphatic hydroxyl groups is 2. The number of hydrogen-bond donors (Lipinski definition) is 3. The van der Waals surface area contributed by atoms with E-state index in [0.29, 0.717) is 36.0 Å². The smallest absolute Gasteiger partial charge is 0.137 e. The van der Waals surface area contributed by atoms with Crippen molar-refractivity contribution in [3.63, 3.8) is 0 Å². The lowest BCUT2D eigenvalue weighted by Crippen LogP contribution is -2.44. The molecule has 0 aromatic carbocycles. The largest absolute Gasteiger partial charge is 0.396 e. The third kappa shape index (κ3) is 3.64. The molecule has 0 aromatic rings. The van der Waals surface area contributed by atoms with E-state index in [1.54, 1.807) is 0 Å². The molecule has 0 radical (unpaired) electrons. The summed E-state index contributed by atoms with van der Waals surface area (Å²) in [5.74, 6) is 4.84. The number of allylic oxidation sites excluding steroid dienone is 1. The van der Waals surface area contributed by atoms with Crippen molar-refractivity contribution in [3.8, 4) is 0 Å². The Labute approximate surface area is 194 Å². The number of rotatable bonds is 7. The standard InChI is InChI=1S/C28H45NO3/c1-17-9-10-24-27(23-15-20(14-22(17)23)18-5-2-3-6-18)28(24,26(29)16-31)21-8-4-7-19(13-21)25(32)11-12-30/h16,18-27,30,32H,1-15,29H2/t19-,20-,21-,22+,23+,24+,25+,26-,27-,28+/m0/s1. The molecule has 4 heteroatoms. The van der Waals surface area contributed by atoms with Crippen molar-refractivity contribution < 1.29 is 15.0 Å². The third-order valence-corrected chi connectivity index (χ3v) is 11.1. The minimum atomic E-state index is -0.429. The Morgan fingerprint density at radius 3 is 2.56 bits per heavy atom. The fraction of sp³-hybridized carbons (Fsp3) is 0.893. The van der Waals surface area contributed by atoms with Crippen LogP contribution in [0.15, 0.2) is 12.2 Å². The van der Waals surface area contributed by atoms with E-state index in [0.717, 1.165) is 56.6 Å². The summed E-state index contributed by atoms with van der Waals surface area (Å²) in [5, 5.41) is 20.0. The van der Waals surface area contributed by atoms with E-state index in [1.165, 1.54) is 44.1 Å². The summed E-state index contributed by atoms with van der Waals surface area (Å²) in [6, 6.07) is -0.381. The van der Waals surface area contributed by atoms with Gasteiger partial charge < -0.3 is 20.7 Å². The summed E-state index contributed by atoms with van der Waals surface area (Å²) in [5.41, 5.74) is 8.14. The first-order valence-corrected chi connectivity index (χ1v) is 13.7. The molecule has 5 rings (SSSR count). The number of fused-ring (bicyclic) bond motifs is 3. The van der Waals surface area contributed by atoms with Gasteiger partial charge in [0.15, 0.2) is 0 Å². The van der Waals surface area contributed by atoms with Gasteiger partial charge in [-0.25, -0.2) is 0 Å². The topological polar surface area (TPSA) is 83.6 Å². The highest BCUT2D eigenvalue weighted by Crippen LogP contribution is 2.76. The summed E-state index contributed by atoms with van der Waals surface area (Å²) in [6.45, 7) is 4.60. The molecule has 4 N–H and O–H groups in total. The van der Waals surface area contributed by atoms with Crippen LogP contribution in [0.3, 0.4) is 0 Å². The lowest BCUT2D eigenvalue weighted by molar-refractivity contribution is -0.111. The number of carbonyl (C=O) groups is 1. The van der Waals surface area contributed by atoms with Crippen LogP contribution in [0.1, 0.15) is 83.5 Å². The maximum absolute atomic E-state index is 12.2. The van der Waals surface area contributed by atoms with Crippen LogP contribution < -0.4 is 5.73 Å². The fourth-order valence-corrected chi connectivity index (χ4v) is 9.78. The summed E-state index contributed by atoms with van der Waals surface area (Å²) in [6.07, 6.45) is 15.9. The molecule has 5 aliphatic rings. The Morgan fingerprint density at radius 1 is 1.06 bits per heavy atom. The van der Waals surface area contributed by atoms with Crippen molar-refractivity contribution in [2.24, 2.45) is 58.5 Å². The van der Waals surface area contributed by atoms with Gasteiger partial charge in [0.25, 0.3) is 0 Å². The van der Waals surface area contributed by atoms with Gasteiger partial charge >= 0.3 is 0 Å². The highest BCUT2D eigenvalue weighted by molar-refractivity contribution is 5.61. The van der Waals surface area contributed by atoms with E-state index in [1.807, 2.05) is 0 Å². The zero-order valence-corrected chi connectivity index (χ0v) is 19.8. The number of nitrogens with two attached hydrogens (primary N) is 1. The van der Waals surface area contributed by atoms with E-state index in [-0.39, 0.29) is 24.0 Å². The van der Waals surface area contributed by atoms with Gasteiger partial charge in [0.05, 0.1) is 12.1 Å². The van der Waals surface area contributed by atoms with Crippen LogP contribution in [-0.4, -0.2) is 35.3 Å². The molecular weight excluding hydrogens is 398 g/mol. The first-order valence-electron chi connectivity index (χ1n) is 13.7. The van der Waals surface area contributed by atoms with E-state index in [2.05, 4.69) is 6.58 Å². The van der Waals surface area contributed by atoms with Gasteiger partial charge in [0.1, 0.15) is 6.29 Å². The Morgan fingerprint density at radius 2 is 1.84 bits per heavy atom. The molecule has 5 saturated carbocycles. The van der Waals surface area contributed by atoms with Crippen molar-refractivity contribution in [3.05, 3.63) is 12.2 Å². The first-order chi connectivity index (χ1) is 15.5. The summed E-state index contributed by atoms with van der Waals surface area (Å²) in [7, 11) is 0. The summed E-state index contributed by atoms with van der Waals surface area (Å²) < 4.78 is 0. The number of carbonyl (C=O) groups excluding carboxylic acids is 1. The molecule has 10 atom stereocenters. The molecule has 0 heterocycles. The third-order valence-electron chi connectivity index (χ3n) is 11.1. The van der Waals surface area contributed by atoms with Crippen LogP contribution in [0.2, 0.25) is 0 Å². The van der Waals surface area contributed by atoms with E-state index in [9.17, 15) is 15.0 Å². The Bertz CT molecular complexity index is 703. The van der Waals surface area contributed by atoms with Crippen molar-refractivity contribution >= 4 is 6.29 Å². The molecule has 0 aromatic heterocycles. The Balaban J connectivity index is 1.41. The highest BCUT2D eigenvalue weighted by atomic mass is 16.3. The normalized spacial score (nSPS) is 46.2. The first kappa shape index (κ1) is 23.1. The van der Waals surface area contributed by atoms with Crippen molar-refractivity contribution in [2.45, 2.75) is 95.6 Å². The van der Waals surface area contributed by atoms with Crippen molar-refractivity contribution in [1.29, 1.82) is 0 Å². The lowest BCUT2D eigenvalue weighted by atomic mass is 9.65. The molecule has 180 valence electrons. The molecule has 32 heavy (non-hydrogen) atoms. The second-order valence-corrected chi connectivity index (χ2v) is 12.2. The SMILES string of the molecule is C=C1CC[C@@H]2[C@H]([C@@H]3C[C@@H](C4CCCC4)C[C@H]13)[C@@]2([C@H]1CCC[C@H]([C@H](O)CCO)C1)[C@@H](N)C=O. The second kappa shape index (κ2) is 9.15. The predicted octanol–water partition coefficient (Wildman–Crippen LogP) is 4.48. The molecule has 4 nitrogen and oxygen atoms in total. The fourth-order valence-electron chi connectivity index (χ4n) is 9.78. The number of hydrogen-bond acceptors (Lipinski definition) is 4. The maximum Gasteiger partial charge on any atom is 0.137 e. The van der Waals surface area contributed by atoms with E-state index < -0.39 is 6.10 Å². The minimum Gasteiger partial charge on any atom is -0.396 e. The zero-order valence-electron chi connectivity index (χ0n) is 19.8.